The second-order valence-corrected chi connectivity index (χ2v) is 6.35. The topological polar surface area (TPSA) is 84.5 Å². The lowest BCUT2D eigenvalue weighted by molar-refractivity contribution is -0.120. The van der Waals surface area contributed by atoms with E-state index in [-0.39, 0.29) is 24.3 Å². The van der Waals surface area contributed by atoms with E-state index in [9.17, 15) is 14.4 Å². The van der Waals surface area contributed by atoms with E-state index in [0.717, 1.165) is 16.7 Å². The Labute approximate surface area is 158 Å². The molecule has 0 unspecified atom stereocenters. The fraction of sp³-hybridized carbons (Fsp3) is 0.286. The van der Waals surface area contributed by atoms with E-state index in [1.165, 1.54) is 7.11 Å². The monoisotopic (exact) mass is 368 g/mol. The normalized spacial score (nSPS) is 10.2. The Morgan fingerprint density at radius 2 is 1.52 bits per heavy atom. The molecule has 0 bridgehead atoms. The van der Waals surface area contributed by atoms with Gasteiger partial charge in [0.1, 0.15) is 0 Å². The highest BCUT2D eigenvalue weighted by Crippen LogP contribution is 2.08. The summed E-state index contributed by atoms with van der Waals surface area (Å²) in [6, 6.07) is 12.6. The molecule has 0 saturated carbocycles. The molecule has 0 radical (unpaired) electrons. The van der Waals surface area contributed by atoms with Gasteiger partial charge in [-0.3, -0.25) is 9.59 Å². The van der Waals surface area contributed by atoms with Gasteiger partial charge in [-0.1, -0.05) is 29.3 Å². The van der Waals surface area contributed by atoms with Crippen molar-refractivity contribution in [2.45, 2.75) is 20.3 Å². The molecule has 2 N–H and O–H groups in total. The second kappa shape index (κ2) is 9.52. The lowest BCUT2D eigenvalue weighted by Gasteiger charge is -2.08. The van der Waals surface area contributed by atoms with E-state index in [1.54, 1.807) is 24.3 Å². The molecule has 2 rings (SSSR count). The van der Waals surface area contributed by atoms with Crippen molar-refractivity contribution in [3.05, 3.63) is 70.3 Å². The summed E-state index contributed by atoms with van der Waals surface area (Å²) in [4.78, 5) is 35.4. The van der Waals surface area contributed by atoms with Crippen molar-refractivity contribution in [3.63, 3.8) is 0 Å². The summed E-state index contributed by atoms with van der Waals surface area (Å²) in [5, 5.41) is 5.39. The molecular formula is C21H24N2O4. The number of methoxy groups -OCH3 is 1. The molecule has 0 spiro atoms. The summed E-state index contributed by atoms with van der Waals surface area (Å²) in [5.41, 5.74) is 4.03. The molecule has 2 amide bonds. The highest BCUT2D eigenvalue weighted by atomic mass is 16.5. The van der Waals surface area contributed by atoms with Crippen molar-refractivity contribution < 1.29 is 19.1 Å². The average molecular weight is 368 g/mol. The second-order valence-electron chi connectivity index (χ2n) is 6.35. The first-order chi connectivity index (χ1) is 12.9. The van der Waals surface area contributed by atoms with Crippen LogP contribution in [0.15, 0.2) is 42.5 Å². The molecule has 0 saturated heterocycles. The van der Waals surface area contributed by atoms with Gasteiger partial charge in [-0.15, -0.1) is 0 Å². The highest BCUT2D eigenvalue weighted by Gasteiger charge is 2.09. The van der Waals surface area contributed by atoms with E-state index >= 15 is 0 Å². The molecule has 0 aromatic heterocycles. The van der Waals surface area contributed by atoms with Gasteiger partial charge in [0.2, 0.25) is 5.91 Å². The van der Waals surface area contributed by atoms with Crippen LogP contribution in [-0.2, 0) is 16.0 Å². The maximum atomic E-state index is 12.1. The van der Waals surface area contributed by atoms with Gasteiger partial charge in [-0.05, 0) is 50.1 Å². The molecule has 2 aromatic carbocycles. The Balaban J connectivity index is 1.74. The molecule has 0 aliphatic heterocycles. The lowest BCUT2D eigenvalue weighted by Crippen LogP contribution is -2.37. The first-order valence-corrected chi connectivity index (χ1v) is 8.69. The van der Waals surface area contributed by atoms with Crippen LogP contribution in [-0.4, -0.2) is 38.0 Å². The fourth-order valence-electron chi connectivity index (χ4n) is 2.70. The Hall–Kier alpha value is -3.15. The van der Waals surface area contributed by atoms with Crippen LogP contribution < -0.4 is 10.6 Å². The van der Waals surface area contributed by atoms with Crippen LogP contribution in [0.1, 0.15) is 37.4 Å². The van der Waals surface area contributed by atoms with Crippen LogP contribution in [0, 0.1) is 13.8 Å². The molecule has 27 heavy (non-hydrogen) atoms. The minimum atomic E-state index is -0.380. The average Bonchev–Trinajstić information content (AvgIpc) is 2.65. The van der Waals surface area contributed by atoms with Gasteiger partial charge in [0.15, 0.2) is 0 Å². The number of hydrogen-bond acceptors (Lipinski definition) is 4. The summed E-state index contributed by atoms with van der Waals surface area (Å²) in [6.07, 6.45) is 0.623. The van der Waals surface area contributed by atoms with E-state index in [0.29, 0.717) is 24.1 Å². The minimum absolute atomic E-state index is 0.0763. The Morgan fingerprint density at radius 1 is 0.889 bits per heavy atom. The third-order valence-corrected chi connectivity index (χ3v) is 4.00. The number of carbonyl (C=O) groups is 3. The molecule has 0 atom stereocenters. The predicted octanol–water partition coefficient (Wildman–Crippen LogP) is 2.18. The summed E-state index contributed by atoms with van der Waals surface area (Å²) in [7, 11) is 1.34. The Bertz CT molecular complexity index is 808. The van der Waals surface area contributed by atoms with E-state index in [1.807, 2.05) is 32.0 Å². The first kappa shape index (κ1) is 20.2. The summed E-state index contributed by atoms with van der Waals surface area (Å²) < 4.78 is 4.65. The first-order valence-electron chi connectivity index (χ1n) is 8.69. The van der Waals surface area contributed by atoms with Crippen molar-refractivity contribution in [2.75, 3.05) is 20.2 Å². The van der Waals surface area contributed by atoms with Crippen LogP contribution in [0.2, 0.25) is 0 Å². The molecule has 0 aliphatic carbocycles. The van der Waals surface area contributed by atoms with Crippen molar-refractivity contribution in [1.82, 2.24) is 10.6 Å². The number of carbonyl (C=O) groups excluding carboxylic acids is 3. The fourth-order valence-corrected chi connectivity index (χ4v) is 2.70. The van der Waals surface area contributed by atoms with Crippen molar-refractivity contribution in [3.8, 4) is 0 Å². The van der Waals surface area contributed by atoms with E-state index < -0.39 is 0 Å². The largest absolute Gasteiger partial charge is 0.465 e. The summed E-state index contributed by atoms with van der Waals surface area (Å²) >= 11 is 0. The smallest absolute Gasteiger partial charge is 0.337 e. The SMILES string of the molecule is COC(=O)c1ccc(CCNC(=O)CNC(=O)c2cc(C)cc(C)c2)cc1. The van der Waals surface area contributed by atoms with E-state index in [2.05, 4.69) is 15.4 Å². The molecule has 2 aromatic rings. The summed E-state index contributed by atoms with van der Waals surface area (Å²) in [6.45, 7) is 4.21. The van der Waals surface area contributed by atoms with Crippen LogP contribution in [0.3, 0.4) is 0 Å². The number of ether oxygens (including phenoxy) is 1. The molecule has 6 heteroatoms. The third kappa shape index (κ3) is 6.26. The number of hydrogen-bond donors (Lipinski definition) is 2. The molecule has 0 aliphatic rings. The van der Waals surface area contributed by atoms with Gasteiger partial charge < -0.3 is 15.4 Å². The number of aryl methyl sites for hydroxylation is 2. The predicted molar refractivity (Wildman–Crippen MR) is 103 cm³/mol. The zero-order valence-corrected chi connectivity index (χ0v) is 15.8. The number of benzene rings is 2. The van der Waals surface area contributed by atoms with Crippen molar-refractivity contribution in [2.24, 2.45) is 0 Å². The Morgan fingerprint density at radius 3 is 2.11 bits per heavy atom. The van der Waals surface area contributed by atoms with Gasteiger partial charge in [0.05, 0.1) is 19.2 Å². The zero-order chi connectivity index (χ0) is 19.8. The molecule has 6 nitrogen and oxygen atoms in total. The zero-order valence-electron chi connectivity index (χ0n) is 15.8. The molecular weight excluding hydrogens is 344 g/mol. The number of rotatable bonds is 7. The summed E-state index contributed by atoms with van der Waals surface area (Å²) in [5.74, 6) is -0.899. The van der Waals surface area contributed by atoms with Crippen LogP contribution in [0.4, 0.5) is 0 Å². The third-order valence-electron chi connectivity index (χ3n) is 4.00. The van der Waals surface area contributed by atoms with Crippen molar-refractivity contribution >= 4 is 17.8 Å². The highest BCUT2D eigenvalue weighted by molar-refractivity contribution is 5.96. The molecule has 0 fully saturated rings. The van der Waals surface area contributed by atoms with Gasteiger partial charge in [-0.25, -0.2) is 4.79 Å². The number of esters is 1. The maximum Gasteiger partial charge on any atom is 0.337 e. The standard InChI is InChI=1S/C21H24N2O4/c1-14-10-15(2)12-18(11-14)20(25)23-13-19(24)22-9-8-16-4-6-17(7-5-16)21(26)27-3/h4-7,10-12H,8-9,13H2,1-3H3,(H,22,24)(H,23,25). The van der Waals surface area contributed by atoms with Gasteiger partial charge in [-0.2, -0.15) is 0 Å². The molecule has 142 valence electrons. The van der Waals surface area contributed by atoms with Gasteiger partial charge in [0.25, 0.3) is 5.91 Å². The van der Waals surface area contributed by atoms with Crippen molar-refractivity contribution in [1.29, 1.82) is 0 Å². The number of amides is 2. The van der Waals surface area contributed by atoms with Gasteiger partial charge in [0, 0.05) is 12.1 Å². The Kier molecular flexibility index (Phi) is 7.11. The maximum absolute atomic E-state index is 12.1. The quantitative estimate of drug-likeness (QED) is 0.734. The van der Waals surface area contributed by atoms with Gasteiger partial charge >= 0.3 is 5.97 Å². The molecule has 0 heterocycles. The van der Waals surface area contributed by atoms with Crippen LogP contribution in [0.5, 0.6) is 0 Å². The minimum Gasteiger partial charge on any atom is -0.465 e. The van der Waals surface area contributed by atoms with Crippen LogP contribution in [0.25, 0.3) is 0 Å². The lowest BCUT2D eigenvalue weighted by atomic mass is 10.1. The number of nitrogens with one attached hydrogen (secondary N) is 2. The van der Waals surface area contributed by atoms with Crippen LogP contribution >= 0.6 is 0 Å². The van der Waals surface area contributed by atoms with E-state index in [4.69, 9.17) is 0 Å².